The van der Waals surface area contributed by atoms with Crippen LogP contribution in [0.3, 0.4) is 0 Å². The van der Waals surface area contributed by atoms with Gasteiger partial charge in [0.1, 0.15) is 0 Å². The van der Waals surface area contributed by atoms with Crippen LogP contribution in [-0.4, -0.2) is 37.6 Å². The molecule has 2 heterocycles. The minimum atomic E-state index is 0.0666. The maximum absolute atomic E-state index is 11.7. The molecule has 2 atom stereocenters. The molecule has 14 heavy (non-hydrogen) atoms. The predicted molar refractivity (Wildman–Crippen MR) is 55.1 cm³/mol. The Hall–Kier alpha value is -0.610. The van der Waals surface area contributed by atoms with E-state index in [0.717, 1.165) is 38.9 Å². The Bertz CT molecular complexity index is 196. The zero-order valence-corrected chi connectivity index (χ0v) is 8.51. The van der Waals surface area contributed by atoms with Crippen LogP contribution < -0.4 is 16.0 Å². The summed E-state index contributed by atoms with van der Waals surface area (Å²) in [5.41, 5.74) is 0. The smallest absolute Gasteiger partial charge is 0.237 e. The van der Waals surface area contributed by atoms with Crippen LogP contribution in [-0.2, 0) is 4.79 Å². The van der Waals surface area contributed by atoms with E-state index in [1.807, 2.05) is 0 Å². The van der Waals surface area contributed by atoms with E-state index in [4.69, 9.17) is 0 Å². The molecular weight excluding hydrogens is 178 g/mol. The van der Waals surface area contributed by atoms with Crippen LogP contribution >= 0.6 is 0 Å². The molecule has 0 radical (unpaired) electrons. The third kappa shape index (κ3) is 2.45. The Morgan fingerprint density at radius 2 is 2.07 bits per heavy atom. The van der Waals surface area contributed by atoms with Crippen molar-refractivity contribution < 1.29 is 4.79 Å². The van der Waals surface area contributed by atoms with Gasteiger partial charge in [0, 0.05) is 12.6 Å². The Morgan fingerprint density at radius 3 is 2.71 bits per heavy atom. The molecule has 2 saturated heterocycles. The first-order chi connectivity index (χ1) is 6.86. The van der Waals surface area contributed by atoms with Gasteiger partial charge in [-0.15, -0.1) is 0 Å². The standard InChI is InChI=1S/C10H19N3O/c14-10(9-4-2-6-12-9)13-8-3-1-5-11-7-8/h8-9,11-12H,1-7H2,(H,13,14)/t8?,9-/m1/s1. The second-order valence-electron chi connectivity index (χ2n) is 4.20. The summed E-state index contributed by atoms with van der Waals surface area (Å²) >= 11 is 0. The number of carbonyl (C=O) groups is 1. The lowest BCUT2D eigenvalue weighted by Crippen LogP contribution is -2.50. The molecule has 0 aromatic rings. The van der Waals surface area contributed by atoms with E-state index in [9.17, 15) is 4.79 Å². The summed E-state index contributed by atoms with van der Waals surface area (Å²) in [6.07, 6.45) is 4.40. The third-order valence-corrected chi connectivity index (χ3v) is 3.02. The van der Waals surface area contributed by atoms with Gasteiger partial charge in [0.05, 0.1) is 6.04 Å². The van der Waals surface area contributed by atoms with Gasteiger partial charge in [-0.25, -0.2) is 0 Å². The van der Waals surface area contributed by atoms with Crippen molar-refractivity contribution in [3.05, 3.63) is 0 Å². The van der Waals surface area contributed by atoms with Crippen LogP contribution in [0.2, 0.25) is 0 Å². The molecule has 2 rings (SSSR count). The van der Waals surface area contributed by atoms with E-state index in [1.54, 1.807) is 0 Å². The lowest BCUT2D eigenvalue weighted by atomic mass is 10.1. The van der Waals surface area contributed by atoms with E-state index in [1.165, 1.54) is 6.42 Å². The molecule has 0 bridgehead atoms. The Morgan fingerprint density at radius 1 is 1.21 bits per heavy atom. The van der Waals surface area contributed by atoms with Gasteiger partial charge in [0.15, 0.2) is 0 Å². The largest absolute Gasteiger partial charge is 0.351 e. The lowest BCUT2D eigenvalue weighted by molar-refractivity contribution is -0.123. The van der Waals surface area contributed by atoms with E-state index in [-0.39, 0.29) is 11.9 Å². The van der Waals surface area contributed by atoms with Crippen molar-refractivity contribution in [1.29, 1.82) is 0 Å². The number of hydrogen-bond donors (Lipinski definition) is 3. The molecule has 0 aromatic heterocycles. The summed E-state index contributed by atoms with van der Waals surface area (Å²) in [6.45, 7) is 3.01. The van der Waals surface area contributed by atoms with Gasteiger partial charge in [-0.05, 0) is 38.8 Å². The number of piperidine rings is 1. The van der Waals surface area contributed by atoms with E-state index in [2.05, 4.69) is 16.0 Å². The Kier molecular flexibility index (Phi) is 3.37. The van der Waals surface area contributed by atoms with Gasteiger partial charge in [-0.3, -0.25) is 4.79 Å². The number of carbonyl (C=O) groups excluding carboxylic acids is 1. The molecule has 4 nitrogen and oxygen atoms in total. The van der Waals surface area contributed by atoms with Crippen LogP contribution in [0.4, 0.5) is 0 Å². The number of rotatable bonds is 2. The van der Waals surface area contributed by atoms with Crippen LogP contribution in [0.25, 0.3) is 0 Å². The minimum Gasteiger partial charge on any atom is -0.351 e. The van der Waals surface area contributed by atoms with Gasteiger partial charge in [-0.2, -0.15) is 0 Å². The number of amides is 1. The van der Waals surface area contributed by atoms with Crippen molar-refractivity contribution in [2.24, 2.45) is 0 Å². The normalized spacial score (nSPS) is 32.9. The van der Waals surface area contributed by atoms with E-state index in [0.29, 0.717) is 6.04 Å². The van der Waals surface area contributed by atoms with Crippen molar-refractivity contribution in [3.8, 4) is 0 Å². The predicted octanol–water partition coefficient (Wildman–Crippen LogP) is -0.393. The molecule has 2 fully saturated rings. The monoisotopic (exact) mass is 197 g/mol. The zero-order valence-electron chi connectivity index (χ0n) is 8.51. The molecule has 0 spiro atoms. The van der Waals surface area contributed by atoms with Gasteiger partial charge < -0.3 is 16.0 Å². The molecule has 4 heteroatoms. The van der Waals surface area contributed by atoms with Crippen molar-refractivity contribution in [2.45, 2.75) is 37.8 Å². The van der Waals surface area contributed by atoms with Gasteiger partial charge in [0.25, 0.3) is 0 Å². The molecule has 80 valence electrons. The summed E-state index contributed by atoms with van der Waals surface area (Å²) in [5.74, 6) is 0.191. The SMILES string of the molecule is O=C(NC1CCCNC1)[C@H]1CCCN1. The third-order valence-electron chi connectivity index (χ3n) is 3.02. The number of hydrogen-bond acceptors (Lipinski definition) is 3. The molecule has 0 saturated carbocycles. The summed E-state index contributed by atoms with van der Waals surface area (Å²) < 4.78 is 0. The van der Waals surface area contributed by atoms with Crippen LogP contribution in [0.15, 0.2) is 0 Å². The van der Waals surface area contributed by atoms with Gasteiger partial charge in [0.2, 0.25) is 5.91 Å². The first-order valence-corrected chi connectivity index (χ1v) is 5.61. The molecule has 1 amide bonds. The quantitative estimate of drug-likeness (QED) is 0.565. The van der Waals surface area contributed by atoms with Crippen LogP contribution in [0.1, 0.15) is 25.7 Å². The second-order valence-corrected chi connectivity index (χ2v) is 4.20. The maximum atomic E-state index is 11.7. The van der Waals surface area contributed by atoms with E-state index >= 15 is 0 Å². The summed E-state index contributed by atoms with van der Waals surface area (Å²) in [4.78, 5) is 11.7. The molecule has 2 aliphatic heterocycles. The second kappa shape index (κ2) is 4.75. The molecule has 1 unspecified atom stereocenters. The Labute approximate surface area is 84.8 Å². The highest BCUT2D eigenvalue weighted by Gasteiger charge is 2.24. The van der Waals surface area contributed by atoms with Crippen molar-refractivity contribution in [2.75, 3.05) is 19.6 Å². The number of nitrogens with one attached hydrogen (secondary N) is 3. The highest BCUT2D eigenvalue weighted by molar-refractivity contribution is 5.82. The van der Waals surface area contributed by atoms with Crippen molar-refractivity contribution in [3.63, 3.8) is 0 Å². The van der Waals surface area contributed by atoms with Gasteiger partial charge in [-0.1, -0.05) is 0 Å². The molecule has 0 aliphatic carbocycles. The van der Waals surface area contributed by atoms with Crippen molar-refractivity contribution >= 4 is 5.91 Å². The summed E-state index contributed by atoms with van der Waals surface area (Å²) in [7, 11) is 0. The maximum Gasteiger partial charge on any atom is 0.237 e. The topological polar surface area (TPSA) is 53.2 Å². The average Bonchev–Trinajstić information content (AvgIpc) is 2.72. The fourth-order valence-corrected chi connectivity index (χ4v) is 2.19. The average molecular weight is 197 g/mol. The molecular formula is C10H19N3O. The lowest BCUT2D eigenvalue weighted by Gasteiger charge is -2.25. The van der Waals surface area contributed by atoms with Gasteiger partial charge >= 0.3 is 0 Å². The zero-order chi connectivity index (χ0) is 9.80. The fourth-order valence-electron chi connectivity index (χ4n) is 2.19. The fraction of sp³-hybridized carbons (Fsp3) is 0.900. The van der Waals surface area contributed by atoms with Crippen molar-refractivity contribution in [1.82, 2.24) is 16.0 Å². The molecule has 2 aliphatic rings. The van der Waals surface area contributed by atoms with Crippen LogP contribution in [0.5, 0.6) is 0 Å². The molecule has 0 aromatic carbocycles. The summed E-state index contributed by atoms with van der Waals surface area (Å²) in [6, 6.07) is 0.413. The highest BCUT2D eigenvalue weighted by atomic mass is 16.2. The summed E-state index contributed by atoms with van der Waals surface area (Å²) in [5, 5.41) is 9.61. The van der Waals surface area contributed by atoms with E-state index < -0.39 is 0 Å². The Balaban J connectivity index is 1.75. The molecule has 3 N–H and O–H groups in total. The minimum absolute atomic E-state index is 0.0666. The highest BCUT2D eigenvalue weighted by Crippen LogP contribution is 2.07. The van der Waals surface area contributed by atoms with Crippen LogP contribution in [0, 0.1) is 0 Å². The first kappa shape index (κ1) is 9.93. The first-order valence-electron chi connectivity index (χ1n) is 5.61.